The molecule has 0 aromatic rings. The maximum atomic E-state index is 11.9. The first-order chi connectivity index (χ1) is 7.88. The van der Waals surface area contributed by atoms with Gasteiger partial charge in [0, 0.05) is 23.8 Å². The standard InChI is InChI=1S/C10H17NO4S2/c1-3-17(14,15)10-7-16-5-4-11(10)9(13)6-8(2)12/h10H,3-7H2,1-2H3. The molecule has 1 rings (SSSR count). The molecule has 0 bridgehead atoms. The fraction of sp³-hybridized carbons (Fsp3) is 0.800. The summed E-state index contributed by atoms with van der Waals surface area (Å²) in [5.41, 5.74) is 0. The van der Waals surface area contributed by atoms with Crippen LogP contribution in [0.5, 0.6) is 0 Å². The molecular formula is C10H17NO4S2. The molecule has 0 aliphatic carbocycles. The summed E-state index contributed by atoms with van der Waals surface area (Å²) < 4.78 is 23.7. The third kappa shape index (κ3) is 3.70. The Hall–Kier alpha value is -0.560. The highest BCUT2D eigenvalue weighted by Gasteiger charge is 2.35. The predicted octanol–water partition coefficient (Wildman–Crippen LogP) is 0.302. The Morgan fingerprint density at radius 3 is 2.59 bits per heavy atom. The van der Waals surface area contributed by atoms with Crippen molar-refractivity contribution in [2.45, 2.75) is 25.6 Å². The second-order valence-electron chi connectivity index (χ2n) is 3.95. The first kappa shape index (κ1) is 14.5. The van der Waals surface area contributed by atoms with Gasteiger partial charge in [-0.1, -0.05) is 6.92 Å². The zero-order chi connectivity index (χ0) is 13.1. The summed E-state index contributed by atoms with van der Waals surface area (Å²) in [6.07, 6.45) is -0.208. The van der Waals surface area contributed by atoms with Crippen LogP contribution < -0.4 is 0 Å². The van der Waals surface area contributed by atoms with E-state index in [1.165, 1.54) is 23.6 Å². The van der Waals surface area contributed by atoms with E-state index in [9.17, 15) is 18.0 Å². The minimum Gasteiger partial charge on any atom is -0.324 e. The first-order valence-corrected chi connectivity index (χ1v) is 8.33. The maximum absolute atomic E-state index is 11.9. The van der Waals surface area contributed by atoms with E-state index >= 15 is 0 Å². The van der Waals surface area contributed by atoms with Gasteiger partial charge in [-0.25, -0.2) is 8.42 Å². The van der Waals surface area contributed by atoms with Crippen molar-refractivity contribution in [3.05, 3.63) is 0 Å². The molecule has 0 aromatic heterocycles. The monoisotopic (exact) mass is 279 g/mol. The van der Waals surface area contributed by atoms with Gasteiger partial charge in [0.1, 0.15) is 11.2 Å². The van der Waals surface area contributed by atoms with E-state index in [0.29, 0.717) is 12.3 Å². The number of sulfone groups is 1. The largest absolute Gasteiger partial charge is 0.324 e. The van der Waals surface area contributed by atoms with Crippen LogP contribution in [0.4, 0.5) is 0 Å². The number of Topliss-reactive ketones (excluding diaryl/α,β-unsaturated/α-hetero) is 1. The molecule has 1 aliphatic rings. The lowest BCUT2D eigenvalue weighted by atomic mass is 10.3. The lowest BCUT2D eigenvalue weighted by Gasteiger charge is -2.34. The fourth-order valence-corrected chi connectivity index (χ4v) is 4.66. The number of hydrogen-bond acceptors (Lipinski definition) is 5. The van der Waals surface area contributed by atoms with Crippen LogP contribution in [0.25, 0.3) is 0 Å². The highest BCUT2D eigenvalue weighted by Crippen LogP contribution is 2.22. The summed E-state index contributed by atoms with van der Waals surface area (Å²) in [6, 6.07) is 0. The lowest BCUT2D eigenvalue weighted by Crippen LogP contribution is -2.51. The van der Waals surface area contributed by atoms with E-state index in [-0.39, 0.29) is 23.9 Å². The Bertz CT molecular complexity index is 405. The van der Waals surface area contributed by atoms with E-state index < -0.39 is 15.2 Å². The Kier molecular flexibility index (Phi) is 5.00. The van der Waals surface area contributed by atoms with Crippen molar-refractivity contribution in [3.8, 4) is 0 Å². The maximum Gasteiger partial charge on any atom is 0.231 e. The summed E-state index contributed by atoms with van der Waals surface area (Å²) in [4.78, 5) is 24.1. The van der Waals surface area contributed by atoms with E-state index in [0.717, 1.165) is 5.75 Å². The Labute approximate surface area is 106 Å². The number of ketones is 1. The minimum atomic E-state index is -3.28. The van der Waals surface area contributed by atoms with Gasteiger partial charge >= 0.3 is 0 Å². The second-order valence-corrected chi connectivity index (χ2v) is 7.54. The number of hydrogen-bond donors (Lipinski definition) is 0. The Morgan fingerprint density at radius 1 is 1.41 bits per heavy atom. The van der Waals surface area contributed by atoms with Crippen LogP contribution in [-0.2, 0) is 19.4 Å². The van der Waals surface area contributed by atoms with Gasteiger partial charge in [0.15, 0.2) is 9.84 Å². The Balaban J connectivity index is 2.87. The molecule has 17 heavy (non-hydrogen) atoms. The van der Waals surface area contributed by atoms with Gasteiger partial charge in [0.05, 0.1) is 6.42 Å². The first-order valence-electron chi connectivity index (χ1n) is 5.46. The zero-order valence-electron chi connectivity index (χ0n) is 10.0. The predicted molar refractivity (Wildman–Crippen MR) is 67.6 cm³/mol. The number of carbonyl (C=O) groups excluding carboxylic acids is 2. The van der Waals surface area contributed by atoms with E-state index in [4.69, 9.17) is 0 Å². The van der Waals surface area contributed by atoms with Gasteiger partial charge in [-0.15, -0.1) is 0 Å². The number of nitrogens with zero attached hydrogens (tertiary/aromatic N) is 1. The summed E-state index contributed by atoms with van der Waals surface area (Å²) in [6.45, 7) is 3.31. The summed E-state index contributed by atoms with van der Waals surface area (Å²) in [5.74, 6) is 0.530. The molecule has 0 N–H and O–H groups in total. The average molecular weight is 279 g/mol. The third-order valence-electron chi connectivity index (χ3n) is 2.62. The molecule has 7 heteroatoms. The molecule has 1 fully saturated rings. The number of rotatable bonds is 4. The highest BCUT2D eigenvalue weighted by atomic mass is 32.2. The van der Waals surface area contributed by atoms with Gasteiger partial charge < -0.3 is 4.90 Å². The topological polar surface area (TPSA) is 71.5 Å². The summed E-state index contributed by atoms with van der Waals surface area (Å²) in [5, 5.41) is -0.766. The van der Waals surface area contributed by atoms with Crippen LogP contribution in [0.15, 0.2) is 0 Å². The van der Waals surface area contributed by atoms with Crippen LogP contribution in [0.3, 0.4) is 0 Å². The van der Waals surface area contributed by atoms with Crippen LogP contribution >= 0.6 is 11.8 Å². The molecule has 0 saturated carbocycles. The number of carbonyl (C=O) groups is 2. The molecule has 1 saturated heterocycles. The summed E-state index contributed by atoms with van der Waals surface area (Å²) in [7, 11) is -3.28. The highest BCUT2D eigenvalue weighted by molar-refractivity contribution is 8.01. The molecule has 0 spiro atoms. The molecule has 1 heterocycles. The lowest BCUT2D eigenvalue weighted by molar-refractivity contribution is -0.135. The average Bonchev–Trinajstić information content (AvgIpc) is 2.28. The zero-order valence-corrected chi connectivity index (χ0v) is 11.6. The number of thioether (sulfide) groups is 1. The third-order valence-corrected chi connectivity index (χ3v) is 5.91. The van der Waals surface area contributed by atoms with Crippen molar-refractivity contribution in [2.75, 3.05) is 23.8 Å². The van der Waals surface area contributed by atoms with Crippen molar-refractivity contribution in [3.63, 3.8) is 0 Å². The van der Waals surface area contributed by atoms with E-state index in [2.05, 4.69) is 0 Å². The molecule has 0 radical (unpaired) electrons. The molecule has 1 atom stereocenters. The van der Waals surface area contributed by atoms with E-state index in [1.54, 1.807) is 6.92 Å². The van der Waals surface area contributed by atoms with Crippen LogP contribution in [0.1, 0.15) is 20.3 Å². The fourth-order valence-electron chi connectivity index (χ4n) is 1.67. The Morgan fingerprint density at radius 2 is 2.06 bits per heavy atom. The molecule has 5 nitrogen and oxygen atoms in total. The normalized spacial score (nSPS) is 21.3. The van der Waals surface area contributed by atoms with Gasteiger partial charge in [-0.2, -0.15) is 11.8 Å². The molecule has 1 amide bonds. The van der Waals surface area contributed by atoms with Crippen LogP contribution in [-0.4, -0.2) is 54.2 Å². The number of amides is 1. The molecule has 0 aromatic carbocycles. The van der Waals surface area contributed by atoms with E-state index in [1.807, 2.05) is 0 Å². The minimum absolute atomic E-state index is 0.0160. The van der Waals surface area contributed by atoms with Gasteiger partial charge in [-0.3, -0.25) is 9.59 Å². The quantitative estimate of drug-likeness (QED) is 0.692. The second kappa shape index (κ2) is 5.86. The molecule has 1 aliphatic heterocycles. The molecule has 1 unspecified atom stereocenters. The van der Waals surface area contributed by atoms with Gasteiger partial charge in [-0.05, 0) is 6.92 Å². The van der Waals surface area contributed by atoms with Crippen molar-refractivity contribution in [1.29, 1.82) is 0 Å². The molecular weight excluding hydrogens is 262 g/mol. The van der Waals surface area contributed by atoms with Crippen molar-refractivity contribution in [1.82, 2.24) is 4.90 Å². The summed E-state index contributed by atoms with van der Waals surface area (Å²) >= 11 is 1.53. The van der Waals surface area contributed by atoms with Crippen molar-refractivity contribution < 1.29 is 18.0 Å². The van der Waals surface area contributed by atoms with Crippen molar-refractivity contribution in [2.24, 2.45) is 0 Å². The van der Waals surface area contributed by atoms with Crippen molar-refractivity contribution >= 4 is 33.3 Å². The van der Waals surface area contributed by atoms with Gasteiger partial charge in [0.2, 0.25) is 5.91 Å². The SMILES string of the molecule is CCS(=O)(=O)C1CSCCN1C(=O)CC(C)=O. The molecule has 98 valence electrons. The van der Waals surface area contributed by atoms with Crippen LogP contribution in [0, 0.1) is 0 Å². The van der Waals surface area contributed by atoms with Crippen LogP contribution in [0.2, 0.25) is 0 Å². The smallest absolute Gasteiger partial charge is 0.231 e. The van der Waals surface area contributed by atoms with Gasteiger partial charge in [0.25, 0.3) is 0 Å².